The van der Waals surface area contributed by atoms with Crippen LogP contribution in [0.15, 0.2) is 45.3 Å². The second-order valence-electron chi connectivity index (χ2n) is 6.78. The molecule has 0 aliphatic heterocycles. The molecule has 2 aromatic carbocycles. The maximum Gasteiger partial charge on any atom is 0.164 e. The summed E-state index contributed by atoms with van der Waals surface area (Å²) in [6.07, 6.45) is 0. The third-order valence-electron chi connectivity index (χ3n) is 4.15. The number of hydrogen-bond acceptors (Lipinski definition) is 3. The fourth-order valence-corrected chi connectivity index (χ4v) is 3.32. The fraction of sp³-hybridized carbons (Fsp3) is 0.300. The molecule has 0 saturated carbocycles. The molecule has 126 valence electrons. The van der Waals surface area contributed by atoms with E-state index in [-0.39, 0.29) is 5.41 Å². The molecule has 0 aliphatic carbocycles. The molecule has 3 nitrogen and oxygen atoms in total. The van der Waals surface area contributed by atoms with Gasteiger partial charge in [-0.25, -0.2) is 0 Å². The molecular formula is C20H21BrO3. The van der Waals surface area contributed by atoms with Crippen molar-refractivity contribution in [1.82, 2.24) is 0 Å². The van der Waals surface area contributed by atoms with Gasteiger partial charge in [-0.3, -0.25) is 0 Å². The lowest BCUT2D eigenvalue weighted by Crippen LogP contribution is -2.10. The van der Waals surface area contributed by atoms with E-state index in [0.717, 1.165) is 26.8 Å². The molecule has 1 aromatic heterocycles. The minimum Gasteiger partial charge on any atom is -0.493 e. The zero-order valence-corrected chi connectivity index (χ0v) is 16.2. The lowest BCUT2D eigenvalue weighted by Gasteiger charge is -2.18. The SMILES string of the molecule is COc1cc2oc(-c3ccc(C(C)(C)C)cc3)c(Br)c2cc1OC. The van der Waals surface area contributed by atoms with Gasteiger partial charge < -0.3 is 13.9 Å². The van der Waals surface area contributed by atoms with Crippen LogP contribution >= 0.6 is 15.9 Å². The highest BCUT2D eigenvalue weighted by Gasteiger charge is 2.18. The van der Waals surface area contributed by atoms with E-state index in [1.54, 1.807) is 14.2 Å². The van der Waals surface area contributed by atoms with Gasteiger partial charge >= 0.3 is 0 Å². The minimum absolute atomic E-state index is 0.129. The Morgan fingerprint density at radius 1 is 0.917 bits per heavy atom. The van der Waals surface area contributed by atoms with E-state index in [1.165, 1.54) is 5.56 Å². The van der Waals surface area contributed by atoms with Crippen LogP contribution < -0.4 is 9.47 Å². The number of methoxy groups -OCH3 is 2. The van der Waals surface area contributed by atoms with Crippen molar-refractivity contribution in [3.8, 4) is 22.8 Å². The molecule has 3 rings (SSSR count). The van der Waals surface area contributed by atoms with Crippen molar-refractivity contribution in [1.29, 1.82) is 0 Å². The highest BCUT2D eigenvalue weighted by atomic mass is 79.9. The monoisotopic (exact) mass is 388 g/mol. The number of halogens is 1. The molecule has 3 aromatic rings. The summed E-state index contributed by atoms with van der Waals surface area (Å²) >= 11 is 3.67. The first-order chi connectivity index (χ1) is 11.3. The summed E-state index contributed by atoms with van der Waals surface area (Å²) in [6.45, 7) is 6.62. The van der Waals surface area contributed by atoms with Gasteiger partial charge in [0.2, 0.25) is 0 Å². The molecule has 0 N–H and O–H groups in total. The molecule has 24 heavy (non-hydrogen) atoms. The Bertz CT molecular complexity index is 871. The van der Waals surface area contributed by atoms with Crippen molar-refractivity contribution in [3.63, 3.8) is 0 Å². The maximum atomic E-state index is 6.07. The standard InChI is InChI=1S/C20H21BrO3/c1-20(2,3)13-8-6-12(7-9-13)19-18(21)14-10-16(22-4)17(23-5)11-15(14)24-19/h6-11H,1-5H3. The Hall–Kier alpha value is -1.94. The molecule has 0 aliphatic rings. The fourth-order valence-electron chi connectivity index (χ4n) is 2.70. The number of ether oxygens (including phenoxy) is 2. The molecule has 0 atom stereocenters. The van der Waals surface area contributed by atoms with E-state index in [1.807, 2.05) is 12.1 Å². The average Bonchev–Trinajstić information content (AvgIpc) is 2.89. The van der Waals surface area contributed by atoms with Gasteiger partial charge in [0.25, 0.3) is 0 Å². The third kappa shape index (κ3) is 2.91. The predicted molar refractivity (Wildman–Crippen MR) is 101 cm³/mol. The van der Waals surface area contributed by atoms with Crippen LogP contribution in [-0.4, -0.2) is 14.2 Å². The number of rotatable bonds is 3. The Kier molecular flexibility index (Phi) is 4.35. The van der Waals surface area contributed by atoms with E-state index < -0.39 is 0 Å². The van der Waals surface area contributed by atoms with Crippen LogP contribution in [0, 0.1) is 0 Å². The summed E-state index contributed by atoms with van der Waals surface area (Å²) in [5.74, 6) is 2.14. The van der Waals surface area contributed by atoms with Crippen molar-refractivity contribution in [2.24, 2.45) is 0 Å². The van der Waals surface area contributed by atoms with Crippen molar-refractivity contribution < 1.29 is 13.9 Å². The van der Waals surface area contributed by atoms with Crippen molar-refractivity contribution in [2.45, 2.75) is 26.2 Å². The normalized spacial score (nSPS) is 11.8. The van der Waals surface area contributed by atoms with Gasteiger partial charge in [-0.15, -0.1) is 0 Å². The molecular weight excluding hydrogens is 368 g/mol. The summed E-state index contributed by atoms with van der Waals surface area (Å²) in [5.41, 5.74) is 3.21. The van der Waals surface area contributed by atoms with Crippen LogP contribution in [-0.2, 0) is 5.41 Å². The number of fused-ring (bicyclic) bond motifs is 1. The summed E-state index contributed by atoms with van der Waals surface area (Å²) in [6, 6.07) is 12.3. The zero-order valence-electron chi connectivity index (χ0n) is 14.6. The topological polar surface area (TPSA) is 31.6 Å². The van der Waals surface area contributed by atoms with E-state index in [0.29, 0.717) is 11.5 Å². The van der Waals surface area contributed by atoms with Crippen LogP contribution in [0.3, 0.4) is 0 Å². The van der Waals surface area contributed by atoms with E-state index in [4.69, 9.17) is 13.9 Å². The van der Waals surface area contributed by atoms with Gasteiger partial charge in [0.15, 0.2) is 11.5 Å². The molecule has 0 bridgehead atoms. The van der Waals surface area contributed by atoms with Crippen LogP contribution in [0.2, 0.25) is 0 Å². The van der Waals surface area contributed by atoms with Crippen LogP contribution in [0.1, 0.15) is 26.3 Å². The first-order valence-corrected chi connectivity index (χ1v) is 8.59. The first kappa shape index (κ1) is 16.9. The van der Waals surface area contributed by atoms with Crippen LogP contribution in [0.25, 0.3) is 22.3 Å². The number of furan rings is 1. The highest BCUT2D eigenvalue weighted by molar-refractivity contribution is 9.10. The molecule has 0 spiro atoms. The Balaban J connectivity index is 2.11. The second-order valence-corrected chi connectivity index (χ2v) is 7.57. The maximum absolute atomic E-state index is 6.07. The lowest BCUT2D eigenvalue weighted by atomic mass is 9.86. The lowest BCUT2D eigenvalue weighted by molar-refractivity contribution is 0.355. The summed E-state index contributed by atoms with van der Waals surface area (Å²) in [7, 11) is 3.25. The molecule has 0 amide bonds. The van der Waals surface area contributed by atoms with Gasteiger partial charge in [0.05, 0.1) is 18.7 Å². The van der Waals surface area contributed by atoms with Crippen LogP contribution in [0.5, 0.6) is 11.5 Å². The minimum atomic E-state index is 0.129. The van der Waals surface area contributed by atoms with Crippen molar-refractivity contribution in [3.05, 3.63) is 46.4 Å². The molecule has 4 heteroatoms. The Labute approximate surface area is 150 Å². The number of hydrogen-bond donors (Lipinski definition) is 0. The molecule has 1 heterocycles. The van der Waals surface area contributed by atoms with Crippen LogP contribution in [0.4, 0.5) is 0 Å². The quantitative estimate of drug-likeness (QED) is 0.536. The third-order valence-corrected chi connectivity index (χ3v) is 4.93. The average molecular weight is 389 g/mol. The zero-order chi connectivity index (χ0) is 17.5. The molecule has 0 saturated heterocycles. The summed E-state index contributed by atoms with van der Waals surface area (Å²) < 4.78 is 17.7. The molecule has 0 unspecified atom stereocenters. The molecule has 0 radical (unpaired) electrons. The van der Waals surface area contributed by atoms with Gasteiger partial charge in [-0.1, -0.05) is 45.0 Å². The highest BCUT2D eigenvalue weighted by Crippen LogP contribution is 2.42. The summed E-state index contributed by atoms with van der Waals surface area (Å²) in [4.78, 5) is 0. The van der Waals surface area contributed by atoms with Gasteiger partial charge in [0.1, 0.15) is 11.3 Å². The van der Waals surface area contributed by atoms with Gasteiger partial charge in [-0.05, 0) is 33.0 Å². The molecule has 0 fully saturated rings. The Morgan fingerprint density at radius 3 is 2.04 bits per heavy atom. The predicted octanol–water partition coefficient (Wildman–Crippen LogP) is 6.18. The van der Waals surface area contributed by atoms with Crippen molar-refractivity contribution >= 4 is 26.9 Å². The largest absolute Gasteiger partial charge is 0.493 e. The number of benzene rings is 2. The first-order valence-electron chi connectivity index (χ1n) is 7.80. The van der Waals surface area contributed by atoms with Gasteiger partial charge in [0, 0.05) is 17.0 Å². The summed E-state index contributed by atoms with van der Waals surface area (Å²) in [5, 5.41) is 0.961. The Morgan fingerprint density at radius 2 is 1.50 bits per heavy atom. The van der Waals surface area contributed by atoms with Gasteiger partial charge in [-0.2, -0.15) is 0 Å². The smallest absolute Gasteiger partial charge is 0.164 e. The van der Waals surface area contributed by atoms with E-state index in [2.05, 4.69) is 61.0 Å². The van der Waals surface area contributed by atoms with E-state index >= 15 is 0 Å². The van der Waals surface area contributed by atoms with E-state index in [9.17, 15) is 0 Å². The van der Waals surface area contributed by atoms with Crippen molar-refractivity contribution in [2.75, 3.05) is 14.2 Å². The second kappa shape index (κ2) is 6.17.